The maximum Gasteiger partial charge on any atom is 0.243 e. The Bertz CT molecular complexity index is 1070. The van der Waals surface area contributed by atoms with Gasteiger partial charge >= 0.3 is 0 Å². The number of benzene rings is 1. The number of carbonyl (C=O) groups excluding carboxylic acids is 2. The lowest BCUT2D eigenvalue weighted by atomic mass is 10.1. The van der Waals surface area contributed by atoms with Gasteiger partial charge in [0.25, 0.3) is 0 Å². The standard InChI is InChI=1S/C23H26N4O3S/c1-14-11-20(30-26-14)15(2)23(29)27-10-4-5-19(27)22(28)24-12-17-6-8-18(9-7-17)21-16(3)25-13-31-21/h6-9,11,13,15,19H,4-5,10,12H2,1-3H3,(H,24,28)/t15-,19?/m0/s1. The summed E-state index contributed by atoms with van der Waals surface area (Å²) in [5.41, 5.74) is 5.74. The van der Waals surface area contributed by atoms with Gasteiger partial charge in [-0.05, 0) is 44.7 Å². The number of rotatable bonds is 6. The van der Waals surface area contributed by atoms with Crippen molar-refractivity contribution >= 4 is 23.2 Å². The molecule has 1 aliphatic rings. The SMILES string of the molecule is Cc1cc([C@H](C)C(=O)N2CCCC2C(=O)NCc2ccc(-c3scnc3C)cc2)on1. The molecule has 8 heteroatoms. The lowest BCUT2D eigenvalue weighted by Gasteiger charge is -2.26. The normalized spacial score (nSPS) is 17.0. The molecule has 1 saturated heterocycles. The zero-order valence-corrected chi connectivity index (χ0v) is 18.7. The quantitative estimate of drug-likeness (QED) is 0.632. The average Bonchev–Trinajstić information content (AvgIpc) is 3.52. The van der Waals surface area contributed by atoms with Gasteiger partial charge in [0.2, 0.25) is 11.8 Å². The maximum atomic E-state index is 13.0. The Balaban J connectivity index is 1.36. The van der Waals surface area contributed by atoms with Gasteiger partial charge in [-0.3, -0.25) is 9.59 Å². The van der Waals surface area contributed by atoms with Crippen LogP contribution in [0.2, 0.25) is 0 Å². The first kappa shape index (κ1) is 21.2. The van der Waals surface area contributed by atoms with Crippen LogP contribution in [0.15, 0.2) is 40.4 Å². The van der Waals surface area contributed by atoms with E-state index in [0.29, 0.717) is 25.3 Å². The summed E-state index contributed by atoms with van der Waals surface area (Å²) in [5, 5.41) is 6.86. The molecule has 0 saturated carbocycles. The monoisotopic (exact) mass is 438 g/mol. The molecule has 3 aromatic rings. The Morgan fingerprint density at radius 1 is 1.29 bits per heavy atom. The van der Waals surface area contributed by atoms with Crippen molar-refractivity contribution in [2.24, 2.45) is 0 Å². The summed E-state index contributed by atoms with van der Waals surface area (Å²) in [6.45, 7) is 6.62. The molecule has 0 bridgehead atoms. The van der Waals surface area contributed by atoms with E-state index in [1.807, 2.05) is 31.5 Å². The molecule has 1 N–H and O–H groups in total. The number of hydrogen-bond acceptors (Lipinski definition) is 6. The Kier molecular flexibility index (Phi) is 6.18. The number of likely N-dealkylation sites (tertiary alicyclic amines) is 1. The fourth-order valence-corrected chi connectivity index (χ4v) is 4.73. The third kappa shape index (κ3) is 4.54. The number of aryl methyl sites for hydroxylation is 2. The van der Waals surface area contributed by atoms with Gasteiger partial charge in [0.05, 0.1) is 27.7 Å². The summed E-state index contributed by atoms with van der Waals surface area (Å²) in [6, 6.07) is 9.45. The van der Waals surface area contributed by atoms with Crippen LogP contribution in [-0.4, -0.2) is 39.4 Å². The molecule has 162 valence electrons. The van der Waals surface area contributed by atoms with Gasteiger partial charge in [-0.2, -0.15) is 0 Å². The van der Waals surface area contributed by atoms with Crippen LogP contribution in [-0.2, 0) is 16.1 Å². The second-order valence-electron chi connectivity index (χ2n) is 7.96. The van der Waals surface area contributed by atoms with Crippen LogP contribution in [0.3, 0.4) is 0 Å². The Morgan fingerprint density at radius 2 is 2.06 bits per heavy atom. The molecule has 1 unspecified atom stereocenters. The molecule has 31 heavy (non-hydrogen) atoms. The van der Waals surface area contributed by atoms with E-state index in [-0.39, 0.29) is 11.8 Å². The highest BCUT2D eigenvalue weighted by Gasteiger charge is 2.37. The summed E-state index contributed by atoms with van der Waals surface area (Å²) in [5.74, 6) is -0.144. The van der Waals surface area contributed by atoms with Crippen molar-refractivity contribution in [2.75, 3.05) is 6.54 Å². The first-order valence-corrected chi connectivity index (χ1v) is 11.3. The van der Waals surface area contributed by atoms with E-state index in [0.717, 1.165) is 33.8 Å². The second kappa shape index (κ2) is 9.01. The number of nitrogens with one attached hydrogen (secondary N) is 1. The Hall–Kier alpha value is -3.00. The van der Waals surface area contributed by atoms with Crippen molar-refractivity contribution in [2.45, 2.75) is 52.1 Å². The smallest absolute Gasteiger partial charge is 0.243 e. The topological polar surface area (TPSA) is 88.3 Å². The van der Waals surface area contributed by atoms with E-state index < -0.39 is 12.0 Å². The van der Waals surface area contributed by atoms with Crippen molar-refractivity contribution in [3.63, 3.8) is 0 Å². The molecule has 2 amide bonds. The van der Waals surface area contributed by atoms with Crippen LogP contribution in [0.25, 0.3) is 10.4 Å². The van der Waals surface area contributed by atoms with Crippen LogP contribution < -0.4 is 5.32 Å². The highest BCUT2D eigenvalue weighted by Crippen LogP contribution is 2.28. The Morgan fingerprint density at radius 3 is 2.71 bits per heavy atom. The molecule has 1 aliphatic heterocycles. The largest absolute Gasteiger partial charge is 0.360 e. The highest BCUT2D eigenvalue weighted by atomic mass is 32.1. The van der Waals surface area contributed by atoms with Crippen molar-refractivity contribution in [1.29, 1.82) is 0 Å². The number of nitrogens with zero attached hydrogens (tertiary/aromatic N) is 3. The van der Waals surface area contributed by atoms with Crippen molar-refractivity contribution < 1.29 is 14.1 Å². The minimum Gasteiger partial charge on any atom is -0.360 e. The zero-order valence-electron chi connectivity index (χ0n) is 17.9. The van der Waals surface area contributed by atoms with Gasteiger partial charge in [0.1, 0.15) is 11.8 Å². The summed E-state index contributed by atoms with van der Waals surface area (Å²) in [4.78, 5) is 32.9. The van der Waals surface area contributed by atoms with E-state index in [9.17, 15) is 9.59 Å². The first-order valence-electron chi connectivity index (χ1n) is 10.4. The fourth-order valence-electron chi connectivity index (χ4n) is 3.92. The molecule has 2 atom stereocenters. The predicted octanol–water partition coefficient (Wildman–Crippen LogP) is 3.83. The summed E-state index contributed by atoms with van der Waals surface area (Å²) >= 11 is 1.62. The van der Waals surface area contributed by atoms with E-state index in [2.05, 4.69) is 27.6 Å². The molecular weight excluding hydrogens is 412 g/mol. The molecular formula is C23H26N4O3S. The van der Waals surface area contributed by atoms with Crippen molar-refractivity contribution in [3.05, 3.63) is 58.6 Å². The van der Waals surface area contributed by atoms with E-state index in [1.165, 1.54) is 0 Å². The molecule has 2 aromatic heterocycles. The minimum absolute atomic E-state index is 0.0990. The van der Waals surface area contributed by atoms with Crippen molar-refractivity contribution in [1.82, 2.24) is 20.4 Å². The fraction of sp³-hybridized carbons (Fsp3) is 0.391. The molecule has 1 aromatic carbocycles. The number of carbonyl (C=O) groups is 2. The van der Waals surface area contributed by atoms with Gasteiger partial charge < -0.3 is 14.7 Å². The summed E-state index contributed by atoms with van der Waals surface area (Å²) < 4.78 is 5.25. The van der Waals surface area contributed by atoms with Crippen LogP contribution in [0, 0.1) is 13.8 Å². The molecule has 4 rings (SSSR count). The van der Waals surface area contributed by atoms with Gasteiger partial charge in [0.15, 0.2) is 0 Å². The third-order valence-electron chi connectivity index (χ3n) is 5.71. The second-order valence-corrected chi connectivity index (χ2v) is 8.82. The molecule has 7 nitrogen and oxygen atoms in total. The van der Waals surface area contributed by atoms with E-state index in [1.54, 1.807) is 29.2 Å². The zero-order chi connectivity index (χ0) is 22.0. The van der Waals surface area contributed by atoms with Crippen LogP contribution in [0.4, 0.5) is 0 Å². The van der Waals surface area contributed by atoms with E-state index in [4.69, 9.17) is 4.52 Å². The van der Waals surface area contributed by atoms with Crippen molar-refractivity contribution in [3.8, 4) is 10.4 Å². The lowest BCUT2D eigenvalue weighted by molar-refractivity contribution is -0.139. The highest BCUT2D eigenvalue weighted by molar-refractivity contribution is 7.13. The van der Waals surface area contributed by atoms with Crippen LogP contribution in [0.1, 0.15) is 48.4 Å². The first-order chi connectivity index (χ1) is 14.9. The summed E-state index contributed by atoms with van der Waals surface area (Å²) in [6.07, 6.45) is 1.48. The van der Waals surface area contributed by atoms with E-state index >= 15 is 0 Å². The summed E-state index contributed by atoms with van der Waals surface area (Å²) in [7, 11) is 0. The number of hydrogen-bond donors (Lipinski definition) is 1. The molecule has 0 spiro atoms. The predicted molar refractivity (Wildman–Crippen MR) is 119 cm³/mol. The number of amides is 2. The van der Waals surface area contributed by atoms with Gasteiger partial charge in [-0.1, -0.05) is 29.4 Å². The average molecular weight is 439 g/mol. The van der Waals surface area contributed by atoms with Crippen LogP contribution in [0.5, 0.6) is 0 Å². The van der Waals surface area contributed by atoms with Crippen LogP contribution >= 0.6 is 11.3 Å². The molecule has 1 fully saturated rings. The molecule has 0 aliphatic carbocycles. The molecule has 0 radical (unpaired) electrons. The van der Waals surface area contributed by atoms with Gasteiger partial charge in [-0.15, -0.1) is 11.3 Å². The van der Waals surface area contributed by atoms with Gasteiger partial charge in [0, 0.05) is 19.2 Å². The Labute approximate surface area is 185 Å². The maximum absolute atomic E-state index is 13.0. The third-order valence-corrected chi connectivity index (χ3v) is 6.69. The lowest BCUT2D eigenvalue weighted by Crippen LogP contribution is -2.46. The number of thiazole rings is 1. The minimum atomic E-state index is -0.461. The number of aromatic nitrogens is 2. The molecule has 3 heterocycles. The van der Waals surface area contributed by atoms with Gasteiger partial charge in [-0.25, -0.2) is 4.98 Å².